The highest BCUT2D eigenvalue weighted by Gasteiger charge is 2.30. The van der Waals surface area contributed by atoms with Gasteiger partial charge in [-0.2, -0.15) is 0 Å². The fourth-order valence-corrected chi connectivity index (χ4v) is 4.97. The molecule has 0 aliphatic heterocycles. The average molecular weight is 246 g/mol. The van der Waals surface area contributed by atoms with Crippen LogP contribution in [0, 0.1) is 0 Å². The molecule has 1 aliphatic carbocycles. The van der Waals surface area contributed by atoms with Crippen LogP contribution < -0.4 is 5.73 Å². The van der Waals surface area contributed by atoms with Crippen molar-refractivity contribution >= 4 is 26.3 Å². The molecule has 1 aromatic rings. The van der Waals surface area contributed by atoms with Gasteiger partial charge in [-0.3, -0.25) is 0 Å². The second kappa shape index (κ2) is 4.09. The highest BCUT2D eigenvalue weighted by Crippen LogP contribution is 2.31. The van der Waals surface area contributed by atoms with Crippen LogP contribution in [0.5, 0.6) is 0 Å². The lowest BCUT2D eigenvalue weighted by molar-refractivity contribution is 0.484. The van der Waals surface area contributed by atoms with Crippen molar-refractivity contribution in [2.24, 2.45) is 0 Å². The van der Waals surface area contributed by atoms with Crippen molar-refractivity contribution in [2.75, 3.05) is 5.73 Å². The van der Waals surface area contributed by atoms with Gasteiger partial charge in [0, 0.05) is 0 Å². The van der Waals surface area contributed by atoms with Crippen LogP contribution in [0.3, 0.4) is 0 Å². The highest BCUT2D eigenvalue weighted by atomic mass is 32.2. The molecular formula is C9H14N2O2S2. The van der Waals surface area contributed by atoms with Gasteiger partial charge in [0.1, 0.15) is 4.21 Å². The van der Waals surface area contributed by atoms with E-state index in [-0.39, 0.29) is 5.25 Å². The first-order valence-electron chi connectivity index (χ1n) is 5.06. The minimum absolute atomic E-state index is 0.217. The molecule has 1 saturated carbocycles. The van der Waals surface area contributed by atoms with Gasteiger partial charge >= 0.3 is 0 Å². The summed E-state index contributed by atoms with van der Waals surface area (Å²) >= 11 is 1.07. The highest BCUT2D eigenvalue weighted by molar-refractivity contribution is 7.94. The molecule has 0 radical (unpaired) electrons. The molecule has 0 aromatic carbocycles. The predicted octanol–water partition coefficient (Wildman–Crippen LogP) is 1.83. The third-order valence-corrected chi connectivity index (χ3v) is 6.36. The maximum Gasteiger partial charge on any atom is 0.192 e. The molecule has 0 spiro atoms. The molecule has 15 heavy (non-hydrogen) atoms. The number of nitrogen functional groups attached to an aromatic ring is 1. The second-order valence-corrected chi connectivity index (χ2v) is 7.34. The van der Waals surface area contributed by atoms with E-state index in [9.17, 15) is 8.42 Å². The summed E-state index contributed by atoms with van der Waals surface area (Å²) in [6.07, 6.45) is 6.11. The third-order valence-electron chi connectivity index (χ3n) is 2.77. The van der Waals surface area contributed by atoms with Gasteiger partial charge in [-0.15, -0.1) is 0 Å². The fourth-order valence-electron chi connectivity index (χ4n) is 1.94. The van der Waals surface area contributed by atoms with Gasteiger partial charge in [0.15, 0.2) is 15.0 Å². The first kappa shape index (κ1) is 10.9. The summed E-state index contributed by atoms with van der Waals surface area (Å²) in [6.45, 7) is 0. The summed E-state index contributed by atoms with van der Waals surface area (Å²) in [7, 11) is -3.17. The Kier molecular flexibility index (Phi) is 2.97. The minimum Gasteiger partial charge on any atom is -0.375 e. The first-order valence-corrected chi connectivity index (χ1v) is 7.42. The van der Waals surface area contributed by atoms with E-state index in [2.05, 4.69) is 4.98 Å². The van der Waals surface area contributed by atoms with E-state index < -0.39 is 9.84 Å². The third kappa shape index (κ3) is 2.15. The van der Waals surface area contributed by atoms with Crippen LogP contribution in [0.15, 0.2) is 10.4 Å². The van der Waals surface area contributed by atoms with E-state index in [0.717, 1.165) is 43.4 Å². The van der Waals surface area contributed by atoms with Crippen molar-refractivity contribution in [3.05, 3.63) is 6.20 Å². The van der Waals surface area contributed by atoms with Crippen LogP contribution >= 0.6 is 11.3 Å². The summed E-state index contributed by atoms with van der Waals surface area (Å²) in [5, 5.41) is 0.107. The van der Waals surface area contributed by atoms with E-state index in [1.54, 1.807) is 0 Å². The Morgan fingerprint density at radius 1 is 1.33 bits per heavy atom. The normalized spacial score (nSPS) is 19.2. The van der Waals surface area contributed by atoms with Crippen LogP contribution in [0.25, 0.3) is 0 Å². The van der Waals surface area contributed by atoms with Crippen LogP contribution in [0.2, 0.25) is 0 Å². The smallest absolute Gasteiger partial charge is 0.192 e. The van der Waals surface area contributed by atoms with Gasteiger partial charge in [-0.05, 0) is 12.8 Å². The molecule has 6 heteroatoms. The summed E-state index contributed by atoms with van der Waals surface area (Å²) < 4.78 is 24.6. The SMILES string of the molecule is Nc1ncc(S(=O)(=O)C2CCCCC2)s1. The van der Waals surface area contributed by atoms with Crippen LogP contribution in [0.4, 0.5) is 5.13 Å². The number of nitrogens with two attached hydrogens (primary N) is 1. The Balaban J connectivity index is 2.26. The number of sulfone groups is 1. The van der Waals surface area contributed by atoms with E-state index in [1.807, 2.05) is 0 Å². The van der Waals surface area contributed by atoms with Gasteiger partial charge < -0.3 is 5.73 Å². The van der Waals surface area contributed by atoms with Gasteiger partial charge in [0.2, 0.25) is 0 Å². The van der Waals surface area contributed by atoms with E-state index >= 15 is 0 Å². The van der Waals surface area contributed by atoms with E-state index in [1.165, 1.54) is 6.20 Å². The lowest BCUT2D eigenvalue weighted by atomic mass is 10.0. The number of nitrogens with zero attached hydrogens (tertiary/aromatic N) is 1. The lowest BCUT2D eigenvalue weighted by Crippen LogP contribution is -2.23. The average Bonchev–Trinajstić information content (AvgIpc) is 2.67. The monoisotopic (exact) mass is 246 g/mol. The van der Waals surface area contributed by atoms with Crippen molar-refractivity contribution in [1.82, 2.24) is 4.98 Å². The Morgan fingerprint density at radius 3 is 2.53 bits per heavy atom. The molecule has 0 unspecified atom stereocenters. The fraction of sp³-hybridized carbons (Fsp3) is 0.667. The summed E-state index contributed by atoms with van der Waals surface area (Å²) in [5.41, 5.74) is 5.45. The predicted molar refractivity (Wildman–Crippen MR) is 60.6 cm³/mol. The molecule has 1 heterocycles. The maximum absolute atomic E-state index is 12.1. The molecule has 2 rings (SSSR count). The van der Waals surface area contributed by atoms with E-state index in [0.29, 0.717) is 9.34 Å². The molecular weight excluding hydrogens is 232 g/mol. The van der Waals surface area contributed by atoms with E-state index in [4.69, 9.17) is 5.73 Å². The molecule has 4 nitrogen and oxygen atoms in total. The van der Waals surface area contributed by atoms with Crippen molar-refractivity contribution in [1.29, 1.82) is 0 Å². The first-order chi connectivity index (χ1) is 7.10. The van der Waals surface area contributed by atoms with Gasteiger partial charge in [0.05, 0.1) is 11.4 Å². The zero-order valence-electron chi connectivity index (χ0n) is 8.35. The van der Waals surface area contributed by atoms with Gasteiger partial charge in [-0.25, -0.2) is 13.4 Å². The molecule has 1 aromatic heterocycles. The van der Waals surface area contributed by atoms with Crippen molar-refractivity contribution in [3.63, 3.8) is 0 Å². The summed E-state index contributed by atoms with van der Waals surface area (Å²) in [4.78, 5) is 3.79. The van der Waals surface area contributed by atoms with Gasteiger partial charge in [0.25, 0.3) is 0 Å². The summed E-state index contributed by atoms with van der Waals surface area (Å²) in [6, 6.07) is 0. The van der Waals surface area contributed by atoms with Gasteiger partial charge in [-0.1, -0.05) is 30.6 Å². The van der Waals surface area contributed by atoms with Crippen molar-refractivity contribution < 1.29 is 8.42 Å². The zero-order valence-corrected chi connectivity index (χ0v) is 9.98. The largest absolute Gasteiger partial charge is 0.375 e. The molecule has 1 fully saturated rings. The second-order valence-electron chi connectivity index (χ2n) is 3.82. The molecule has 0 bridgehead atoms. The Labute approximate surface area is 93.4 Å². The molecule has 0 saturated heterocycles. The number of hydrogen-bond donors (Lipinski definition) is 1. The zero-order chi connectivity index (χ0) is 10.9. The quantitative estimate of drug-likeness (QED) is 0.864. The lowest BCUT2D eigenvalue weighted by Gasteiger charge is -2.20. The molecule has 84 valence electrons. The number of aromatic nitrogens is 1. The van der Waals surface area contributed by atoms with Crippen LogP contribution in [-0.2, 0) is 9.84 Å². The van der Waals surface area contributed by atoms with Crippen LogP contribution in [-0.4, -0.2) is 18.7 Å². The molecule has 0 atom stereocenters. The molecule has 1 aliphatic rings. The Morgan fingerprint density at radius 2 is 2.00 bits per heavy atom. The number of thiazole rings is 1. The maximum atomic E-state index is 12.1. The molecule has 2 N–H and O–H groups in total. The number of anilines is 1. The topological polar surface area (TPSA) is 73.0 Å². The Hall–Kier alpha value is -0.620. The molecule has 0 amide bonds. The number of rotatable bonds is 2. The van der Waals surface area contributed by atoms with Crippen molar-refractivity contribution in [3.8, 4) is 0 Å². The number of hydrogen-bond acceptors (Lipinski definition) is 5. The minimum atomic E-state index is -3.17. The Bertz CT molecular complexity index is 433. The standard InChI is InChI=1S/C9H14N2O2S2/c10-9-11-6-8(14-9)15(12,13)7-4-2-1-3-5-7/h6-7H,1-5H2,(H2,10,11). The van der Waals surface area contributed by atoms with Crippen LogP contribution in [0.1, 0.15) is 32.1 Å². The summed E-state index contributed by atoms with van der Waals surface area (Å²) in [5.74, 6) is 0. The van der Waals surface area contributed by atoms with Crippen molar-refractivity contribution in [2.45, 2.75) is 41.6 Å².